The lowest BCUT2D eigenvalue weighted by Gasteiger charge is -2.12. The summed E-state index contributed by atoms with van der Waals surface area (Å²) in [5.74, 6) is -0.611. The average molecular weight is 324 g/mol. The van der Waals surface area contributed by atoms with Crippen LogP contribution in [0.3, 0.4) is 0 Å². The average Bonchev–Trinajstić information content (AvgIpc) is 3.12. The van der Waals surface area contributed by atoms with Gasteiger partial charge < -0.3 is 14.6 Å². The summed E-state index contributed by atoms with van der Waals surface area (Å²) in [6.07, 6.45) is 3.59. The van der Waals surface area contributed by atoms with Gasteiger partial charge in [-0.25, -0.2) is 4.39 Å². The van der Waals surface area contributed by atoms with Gasteiger partial charge in [0.05, 0.1) is 18.0 Å². The summed E-state index contributed by atoms with van der Waals surface area (Å²) >= 11 is 0. The third kappa shape index (κ3) is 3.52. The molecule has 3 rings (SSSR count). The lowest BCUT2D eigenvalue weighted by Crippen LogP contribution is -2.14. The third-order valence-electron chi connectivity index (χ3n) is 3.62. The maximum atomic E-state index is 13.6. The fourth-order valence-corrected chi connectivity index (χ4v) is 2.43. The highest BCUT2D eigenvalue weighted by Gasteiger charge is 2.11. The van der Waals surface area contributed by atoms with E-state index in [1.165, 1.54) is 12.1 Å². The Bertz CT molecular complexity index is 827. The summed E-state index contributed by atoms with van der Waals surface area (Å²) < 4.78 is 20.4. The molecule has 0 saturated carbocycles. The number of halogens is 1. The normalized spacial score (nSPS) is 10.6. The molecule has 1 aromatic heterocycles. The molecular weight excluding hydrogens is 307 g/mol. The molecule has 0 saturated heterocycles. The second-order valence-corrected chi connectivity index (χ2v) is 5.34. The number of nitrogens with zero attached hydrogens (tertiary/aromatic N) is 1. The highest BCUT2D eigenvalue weighted by atomic mass is 19.1. The Kier molecular flexibility index (Phi) is 4.72. The van der Waals surface area contributed by atoms with Crippen LogP contribution in [0.25, 0.3) is 5.69 Å². The van der Waals surface area contributed by atoms with Gasteiger partial charge in [0.25, 0.3) is 5.91 Å². The summed E-state index contributed by atoms with van der Waals surface area (Å²) in [7, 11) is 1.62. The van der Waals surface area contributed by atoms with Gasteiger partial charge in [-0.05, 0) is 48.0 Å². The number of hydrogen-bond acceptors (Lipinski definition) is 2. The van der Waals surface area contributed by atoms with Crippen molar-refractivity contribution in [3.8, 4) is 5.69 Å². The first-order valence-corrected chi connectivity index (χ1v) is 7.49. The van der Waals surface area contributed by atoms with Crippen LogP contribution in [0.15, 0.2) is 67.0 Å². The van der Waals surface area contributed by atoms with Gasteiger partial charge in [0.15, 0.2) is 0 Å². The van der Waals surface area contributed by atoms with Crippen molar-refractivity contribution >= 4 is 11.6 Å². The summed E-state index contributed by atoms with van der Waals surface area (Å²) in [6, 6.07) is 15.1. The van der Waals surface area contributed by atoms with Crippen molar-refractivity contribution in [2.24, 2.45) is 0 Å². The molecule has 0 atom stereocenters. The zero-order valence-corrected chi connectivity index (χ0v) is 13.2. The second-order valence-electron chi connectivity index (χ2n) is 5.34. The van der Waals surface area contributed by atoms with E-state index in [-0.39, 0.29) is 11.7 Å². The highest BCUT2D eigenvalue weighted by Crippen LogP contribution is 2.22. The molecule has 0 spiro atoms. The van der Waals surface area contributed by atoms with Crippen molar-refractivity contribution in [3.63, 3.8) is 0 Å². The van der Waals surface area contributed by atoms with E-state index in [1.54, 1.807) is 42.3 Å². The number of carbonyl (C=O) groups excluding carboxylic acids is 1. The molecule has 2 aromatic carbocycles. The number of aromatic nitrogens is 1. The molecule has 0 unspecified atom stereocenters. The standard InChI is InChI=1S/C19H17FN2O2/c1-24-13-14-4-6-15(7-5-14)19(23)21-17-9-8-16(20)12-18(17)22-10-2-3-11-22/h2-12H,13H2,1H3,(H,21,23). The van der Waals surface area contributed by atoms with Gasteiger partial charge in [-0.1, -0.05) is 12.1 Å². The largest absolute Gasteiger partial charge is 0.380 e. The van der Waals surface area contributed by atoms with Crippen LogP contribution in [-0.4, -0.2) is 17.6 Å². The fourth-order valence-electron chi connectivity index (χ4n) is 2.43. The predicted molar refractivity (Wildman–Crippen MR) is 90.8 cm³/mol. The summed E-state index contributed by atoms with van der Waals surface area (Å²) in [5, 5.41) is 2.84. The Balaban J connectivity index is 1.84. The fraction of sp³-hybridized carbons (Fsp3) is 0.105. The Morgan fingerprint density at radius 2 is 1.83 bits per heavy atom. The van der Waals surface area contributed by atoms with Gasteiger partial charge in [-0.3, -0.25) is 4.79 Å². The van der Waals surface area contributed by atoms with Crippen molar-refractivity contribution in [2.75, 3.05) is 12.4 Å². The quantitative estimate of drug-likeness (QED) is 0.770. The molecule has 0 aliphatic carbocycles. The van der Waals surface area contributed by atoms with Gasteiger partial charge in [-0.15, -0.1) is 0 Å². The van der Waals surface area contributed by atoms with Crippen LogP contribution in [-0.2, 0) is 11.3 Å². The van der Waals surface area contributed by atoms with E-state index in [1.807, 2.05) is 24.3 Å². The zero-order valence-electron chi connectivity index (χ0n) is 13.2. The van der Waals surface area contributed by atoms with E-state index >= 15 is 0 Å². The minimum absolute atomic E-state index is 0.251. The molecule has 5 heteroatoms. The Morgan fingerprint density at radius 3 is 2.50 bits per heavy atom. The number of benzene rings is 2. The van der Waals surface area contributed by atoms with Crippen LogP contribution < -0.4 is 5.32 Å². The first-order chi connectivity index (χ1) is 11.7. The minimum atomic E-state index is -0.361. The summed E-state index contributed by atoms with van der Waals surface area (Å²) in [6.45, 7) is 0.498. The molecule has 1 heterocycles. The maximum Gasteiger partial charge on any atom is 0.255 e. The second kappa shape index (κ2) is 7.10. The lowest BCUT2D eigenvalue weighted by atomic mass is 10.1. The van der Waals surface area contributed by atoms with E-state index in [4.69, 9.17) is 4.74 Å². The monoisotopic (exact) mass is 324 g/mol. The van der Waals surface area contributed by atoms with E-state index in [9.17, 15) is 9.18 Å². The van der Waals surface area contributed by atoms with Crippen LogP contribution in [0, 0.1) is 5.82 Å². The lowest BCUT2D eigenvalue weighted by molar-refractivity contribution is 0.102. The SMILES string of the molecule is COCc1ccc(C(=O)Nc2ccc(F)cc2-n2cccc2)cc1. The Labute approximate surface area is 139 Å². The number of amides is 1. The van der Waals surface area contributed by atoms with Gasteiger partial charge in [-0.2, -0.15) is 0 Å². The molecule has 1 amide bonds. The Hall–Kier alpha value is -2.92. The number of nitrogens with one attached hydrogen (secondary N) is 1. The van der Waals surface area contributed by atoms with E-state index in [0.717, 1.165) is 5.56 Å². The molecule has 3 aromatic rings. The number of anilines is 1. The summed E-state index contributed by atoms with van der Waals surface area (Å²) in [5.41, 5.74) is 2.63. The van der Waals surface area contributed by atoms with E-state index in [2.05, 4.69) is 5.32 Å². The topological polar surface area (TPSA) is 43.3 Å². The maximum absolute atomic E-state index is 13.6. The molecular formula is C19H17FN2O2. The highest BCUT2D eigenvalue weighted by molar-refractivity contribution is 6.05. The molecule has 0 fully saturated rings. The predicted octanol–water partition coefficient (Wildman–Crippen LogP) is 4.02. The summed E-state index contributed by atoms with van der Waals surface area (Å²) in [4.78, 5) is 12.4. The van der Waals surface area contributed by atoms with Crippen LogP contribution in [0.5, 0.6) is 0 Å². The molecule has 122 valence electrons. The first kappa shape index (κ1) is 16.0. The molecule has 0 radical (unpaired) electrons. The van der Waals surface area contributed by atoms with Crippen molar-refractivity contribution in [1.82, 2.24) is 4.57 Å². The molecule has 24 heavy (non-hydrogen) atoms. The number of methoxy groups -OCH3 is 1. The van der Waals surface area contributed by atoms with E-state index < -0.39 is 0 Å². The van der Waals surface area contributed by atoms with Crippen LogP contribution in [0.2, 0.25) is 0 Å². The number of rotatable bonds is 5. The van der Waals surface area contributed by atoms with Crippen LogP contribution in [0.1, 0.15) is 15.9 Å². The molecule has 4 nitrogen and oxygen atoms in total. The van der Waals surface area contributed by atoms with Gasteiger partial charge in [0, 0.05) is 25.1 Å². The number of ether oxygens (including phenoxy) is 1. The van der Waals surface area contributed by atoms with E-state index in [0.29, 0.717) is 23.5 Å². The molecule has 0 bridgehead atoms. The third-order valence-corrected chi connectivity index (χ3v) is 3.62. The Morgan fingerprint density at radius 1 is 1.12 bits per heavy atom. The van der Waals surface area contributed by atoms with Gasteiger partial charge in [0.1, 0.15) is 5.82 Å². The minimum Gasteiger partial charge on any atom is -0.380 e. The molecule has 0 aliphatic heterocycles. The number of carbonyl (C=O) groups is 1. The first-order valence-electron chi connectivity index (χ1n) is 7.49. The smallest absolute Gasteiger partial charge is 0.255 e. The van der Waals surface area contributed by atoms with Gasteiger partial charge >= 0.3 is 0 Å². The zero-order chi connectivity index (χ0) is 16.9. The molecule has 1 N–H and O–H groups in total. The van der Waals surface area contributed by atoms with Crippen LogP contribution >= 0.6 is 0 Å². The van der Waals surface area contributed by atoms with Crippen molar-refractivity contribution in [1.29, 1.82) is 0 Å². The van der Waals surface area contributed by atoms with Crippen LogP contribution in [0.4, 0.5) is 10.1 Å². The van der Waals surface area contributed by atoms with Crippen molar-refractivity contribution in [3.05, 3.63) is 83.9 Å². The van der Waals surface area contributed by atoms with Gasteiger partial charge in [0.2, 0.25) is 0 Å². The van der Waals surface area contributed by atoms with Crippen molar-refractivity contribution < 1.29 is 13.9 Å². The number of hydrogen-bond donors (Lipinski definition) is 1. The van der Waals surface area contributed by atoms with Crippen molar-refractivity contribution in [2.45, 2.75) is 6.61 Å². The molecule has 0 aliphatic rings.